The Morgan fingerprint density at radius 2 is 1.97 bits per heavy atom. The number of benzene rings is 1. The molecule has 0 aliphatic carbocycles. The first kappa shape index (κ1) is 25.6. The van der Waals surface area contributed by atoms with Crippen molar-refractivity contribution in [1.29, 1.82) is 0 Å². The van der Waals surface area contributed by atoms with Gasteiger partial charge in [0.25, 0.3) is 11.5 Å². The van der Waals surface area contributed by atoms with Crippen molar-refractivity contribution >= 4 is 51.9 Å². The zero-order valence-electron chi connectivity index (χ0n) is 19.9. The van der Waals surface area contributed by atoms with E-state index < -0.39 is 5.97 Å². The minimum atomic E-state index is -0.835. The van der Waals surface area contributed by atoms with E-state index in [4.69, 9.17) is 22.1 Å². The molecule has 1 aliphatic heterocycles. The molecule has 0 spiro atoms. The van der Waals surface area contributed by atoms with Crippen LogP contribution in [0.2, 0.25) is 0 Å². The molecule has 186 valence electrons. The van der Waals surface area contributed by atoms with Crippen LogP contribution in [0.4, 0.5) is 0 Å². The highest BCUT2D eigenvalue weighted by atomic mass is 32.2. The maximum absolute atomic E-state index is 13.5. The van der Waals surface area contributed by atoms with E-state index in [9.17, 15) is 14.4 Å². The normalized spacial score (nSPS) is 14.7. The number of hydrogen-bond donors (Lipinski definition) is 1. The summed E-state index contributed by atoms with van der Waals surface area (Å²) in [6.07, 6.45) is 5.08. The molecule has 10 heteroatoms. The number of carboxylic acids is 1. The molecule has 0 atom stereocenters. The van der Waals surface area contributed by atoms with E-state index in [1.165, 1.54) is 15.4 Å². The number of unbranched alkanes of at least 4 members (excludes halogenated alkanes) is 2. The van der Waals surface area contributed by atoms with E-state index in [0.717, 1.165) is 22.9 Å². The van der Waals surface area contributed by atoms with E-state index in [2.05, 4.69) is 4.98 Å². The summed E-state index contributed by atoms with van der Waals surface area (Å²) in [6, 6.07) is 11.0. The third-order valence-corrected chi connectivity index (χ3v) is 7.05. The van der Waals surface area contributed by atoms with Crippen LogP contribution in [0.25, 0.3) is 11.7 Å². The van der Waals surface area contributed by atoms with Crippen molar-refractivity contribution in [3.05, 3.63) is 74.5 Å². The van der Waals surface area contributed by atoms with Crippen LogP contribution >= 0.6 is 24.0 Å². The monoisotopic (exact) mass is 523 g/mol. The molecular formula is C26H25N3O5S2. The number of aromatic nitrogens is 2. The second-order valence-corrected chi connectivity index (χ2v) is 10.2. The lowest BCUT2D eigenvalue weighted by Crippen LogP contribution is -2.29. The fraction of sp³-hybridized carbons (Fsp3) is 0.269. The first-order chi connectivity index (χ1) is 17.2. The van der Waals surface area contributed by atoms with Gasteiger partial charge in [0.2, 0.25) is 5.88 Å². The number of nitrogens with zero attached hydrogens (tertiary/aromatic N) is 3. The molecule has 3 aromatic rings. The Kier molecular flexibility index (Phi) is 7.85. The van der Waals surface area contributed by atoms with Gasteiger partial charge in [-0.1, -0.05) is 48.6 Å². The standard InChI is InChI=1S/C26H25N3O5S2/c1-16-8-6-10-18(14-16)34-23-19(24(32)28-13-7-9-17(2)22(28)27-23)15-20-25(33)29(26(35)36-20)12-5-3-4-11-21(30)31/h6-10,13-15H,3-5,11-12H2,1-2H3,(H,30,31)/b20-15+. The van der Waals surface area contributed by atoms with Gasteiger partial charge in [-0.15, -0.1) is 0 Å². The minimum absolute atomic E-state index is 0.0976. The molecule has 2 aromatic heterocycles. The number of aryl methyl sites for hydroxylation is 2. The quantitative estimate of drug-likeness (QED) is 0.239. The van der Waals surface area contributed by atoms with E-state index in [-0.39, 0.29) is 29.3 Å². The molecule has 0 bridgehead atoms. The summed E-state index contributed by atoms with van der Waals surface area (Å²) in [5, 5.41) is 8.78. The molecule has 1 saturated heterocycles. The van der Waals surface area contributed by atoms with Crippen molar-refractivity contribution < 1.29 is 19.4 Å². The fourth-order valence-electron chi connectivity index (χ4n) is 3.83. The number of rotatable bonds is 9. The summed E-state index contributed by atoms with van der Waals surface area (Å²) < 4.78 is 7.90. The number of thiocarbonyl (C=S) groups is 1. The Hall–Kier alpha value is -3.50. The molecule has 1 aliphatic rings. The Morgan fingerprint density at radius 3 is 2.72 bits per heavy atom. The molecule has 1 fully saturated rings. The average Bonchev–Trinajstić information content (AvgIpc) is 3.09. The van der Waals surface area contributed by atoms with Gasteiger partial charge < -0.3 is 9.84 Å². The highest BCUT2D eigenvalue weighted by Crippen LogP contribution is 2.34. The maximum atomic E-state index is 13.5. The third kappa shape index (κ3) is 5.66. The second-order valence-electron chi connectivity index (χ2n) is 8.48. The molecule has 1 amide bonds. The van der Waals surface area contributed by atoms with Crippen LogP contribution in [0.5, 0.6) is 11.6 Å². The molecule has 8 nitrogen and oxygen atoms in total. The zero-order valence-corrected chi connectivity index (χ0v) is 21.5. The van der Waals surface area contributed by atoms with Gasteiger partial charge in [-0.2, -0.15) is 4.98 Å². The lowest BCUT2D eigenvalue weighted by molar-refractivity contribution is -0.137. The van der Waals surface area contributed by atoms with Gasteiger partial charge in [-0.25, -0.2) is 0 Å². The highest BCUT2D eigenvalue weighted by molar-refractivity contribution is 8.26. The minimum Gasteiger partial charge on any atom is -0.481 e. The number of carboxylic acid groups (broad SMARTS) is 1. The van der Waals surface area contributed by atoms with E-state index in [0.29, 0.717) is 46.4 Å². The average molecular weight is 524 g/mol. The SMILES string of the molecule is Cc1cccc(Oc2nc3c(C)cccn3c(=O)c2/C=C2/SC(=S)N(CCCCCC(=O)O)C2=O)c1. The summed E-state index contributed by atoms with van der Waals surface area (Å²) >= 11 is 6.54. The number of carbonyl (C=O) groups excluding carboxylic acids is 1. The number of carbonyl (C=O) groups is 2. The van der Waals surface area contributed by atoms with Crippen LogP contribution in [-0.2, 0) is 9.59 Å². The Balaban J connectivity index is 1.67. The van der Waals surface area contributed by atoms with Crippen molar-refractivity contribution in [2.24, 2.45) is 0 Å². The Labute approximate surface area is 217 Å². The van der Waals surface area contributed by atoms with Gasteiger partial charge >= 0.3 is 5.97 Å². The second kappa shape index (κ2) is 11.0. The van der Waals surface area contributed by atoms with Gasteiger partial charge in [0.05, 0.1) is 4.91 Å². The molecule has 36 heavy (non-hydrogen) atoms. The molecular weight excluding hydrogens is 498 g/mol. The van der Waals surface area contributed by atoms with Gasteiger partial charge in [-0.05, 0) is 62.1 Å². The molecule has 1 N–H and O–H groups in total. The molecule has 1 aromatic carbocycles. The predicted molar refractivity (Wildman–Crippen MR) is 143 cm³/mol. The first-order valence-electron chi connectivity index (χ1n) is 11.5. The summed E-state index contributed by atoms with van der Waals surface area (Å²) in [7, 11) is 0. The van der Waals surface area contributed by atoms with Crippen molar-refractivity contribution in [3.63, 3.8) is 0 Å². The highest BCUT2D eigenvalue weighted by Gasteiger charge is 2.32. The van der Waals surface area contributed by atoms with Crippen LogP contribution in [0.3, 0.4) is 0 Å². The number of hydrogen-bond acceptors (Lipinski definition) is 7. The zero-order chi connectivity index (χ0) is 25.8. The van der Waals surface area contributed by atoms with Crippen molar-refractivity contribution in [3.8, 4) is 11.6 Å². The number of aliphatic carboxylic acids is 1. The third-order valence-electron chi connectivity index (χ3n) is 5.67. The molecule has 0 saturated carbocycles. The summed E-state index contributed by atoms with van der Waals surface area (Å²) in [6.45, 7) is 4.19. The van der Waals surface area contributed by atoms with E-state index in [1.807, 2.05) is 38.1 Å². The van der Waals surface area contributed by atoms with E-state index in [1.54, 1.807) is 18.3 Å². The first-order valence-corrected chi connectivity index (χ1v) is 12.7. The van der Waals surface area contributed by atoms with Gasteiger partial charge in [0, 0.05) is 19.2 Å². The topological polar surface area (TPSA) is 101 Å². The summed E-state index contributed by atoms with van der Waals surface area (Å²) in [4.78, 5) is 43.7. The van der Waals surface area contributed by atoms with Crippen LogP contribution in [0, 0.1) is 13.8 Å². The lowest BCUT2D eigenvalue weighted by Gasteiger charge is -2.14. The number of fused-ring (bicyclic) bond motifs is 1. The molecule has 4 rings (SSSR count). The maximum Gasteiger partial charge on any atom is 0.303 e. The van der Waals surface area contributed by atoms with Crippen molar-refractivity contribution in [2.45, 2.75) is 39.5 Å². The number of ether oxygens (including phenoxy) is 1. The fourth-order valence-corrected chi connectivity index (χ4v) is 5.12. The molecule has 0 radical (unpaired) electrons. The molecule has 3 heterocycles. The van der Waals surface area contributed by atoms with Gasteiger partial charge in [0.1, 0.15) is 21.3 Å². The molecule has 0 unspecified atom stereocenters. The predicted octanol–water partition coefficient (Wildman–Crippen LogP) is 4.95. The van der Waals surface area contributed by atoms with Gasteiger partial charge in [0.15, 0.2) is 0 Å². The van der Waals surface area contributed by atoms with Gasteiger partial charge in [-0.3, -0.25) is 23.7 Å². The number of thioether (sulfide) groups is 1. The van der Waals surface area contributed by atoms with Crippen molar-refractivity contribution in [1.82, 2.24) is 14.3 Å². The lowest BCUT2D eigenvalue weighted by atomic mass is 10.2. The van der Waals surface area contributed by atoms with E-state index >= 15 is 0 Å². The van der Waals surface area contributed by atoms with Crippen LogP contribution in [0.15, 0.2) is 52.3 Å². The van der Waals surface area contributed by atoms with Crippen LogP contribution in [-0.4, -0.2) is 42.1 Å². The Morgan fingerprint density at radius 1 is 1.17 bits per heavy atom. The number of amides is 1. The summed E-state index contributed by atoms with van der Waals surface area (Å²) in [5.41, 5.74) is 2.07. The van der Waals surface area contributed by atoms with Crippen molar-refractivity contribution in [2.75, 3.05) is 6.54 Å². The largest absolute Gasteiger partial charge is 0.481 e. The number of pyridine rings is 1. The van der Waals surface area contributed by atoms with Crippen LogP contribution < -0.4 is 10.3 Å². The summed E-state index contributed by atoms with van der Waals surface area (Å²) in [5.74, 6) is -0.488. The smallest absolute Gasteiger partial charge is 0.303 e. The Bertz CT molecular complexity index is 1450. The van der Waals surface area contributed by atoms with Crippen LogP contribution in [0.1, 0.15) is 42.4 Å².